The van der Waals surface area contributed by atoms with E-state index in [-0.39, 0.29) is 11.9 Å². The van der Waals surface area contributed by atoms with Gasteiger partial charge in [-0.1, -0.05) is 48.5 Å². The number of para-hydroxylation sites is 1. The molecular formula is C22H27N3O3. The van der Waals surface area contributed by atoms with Crippen molar-refractivity contribution in [3.05, 3.63) is 54.6 Å². The lowest BCUT2D eigenvalue weighted by Gasteiger charge is -2.22. The highest BCUT2D eigenvalue weighted by Gasteiger charge is 2.19. The van der Waals surface area contributed by atoms with Crippen molar-refractivity contribution in [2.45, 2.75) is 13.3 Å². The van der Waals surface area contributed by atoms with Gasteiger partial charge in [0.05, 0.1) is 6.54 Å². The maximum Gasteiger partial charge on any atom is 0.317 e. The monoisotopic (exact) mass is 381 g/mol. The van der Waals surface area contributed by atoms with Crippen LogP contribution in [-0.2, 0) is 4.79 Å². The normalized spacial score (nSPS) is 14.3. The molecule has 0 radical (unpaired) electrons. The van der Waals surface area contributed by atoms with Gasteiger partial charge in [-0.2, -0.15) is 0 Å². The summed E-state index contributed by atoms with van der Waals surface area (Å²) in [7, 11) is 0. The molecule has 0 atom stereocenters. The smallest absolute Gasteiger partial charge is 0.317 e. The number of ether oxygens (including phenoxy) is 1. The number of hydrogen-bond donors (Lipinski definition) is 1. The molecule has 0 unspecified atom stereocenters. The lowest BCUT2D eigenvalue weighted by atomic mass is 10.1. The van der Waals surface area contributed by atoms with Crippen LogP contribution >= 0.6 is 0 Å². The van der Waals surface area contributed by atoms with Crippen LogP contribution in [0.5, 0.6) is 5.75 Å². The molecule has 1 N–H and O–H groups in total. The zero-order valence-corrected chi connectivity index (χ0v) is 16.3. The van der Waals surface area contributed by atoms with Gasteiger partial charge in [0.15, 0.2) is 0 Å². The van der Waals surface area contributed by atoms with E-state index in [1.165, 1.54) is 0 Å². The van der Waals surface area contributed by atoms with Crippen LogP contribution < -0.4 is 10.1 Å². The van der Waals surface area contributed by atoms with E-state index in [4.69, 9.17) is 4.74 Å². The van der Waals surface area contributed by atoms with E-state index in [1.807, 2.05) is 54.6 Å². The molecule has 0 saturated carbocycles. The van der Waals surface area contributed by atoms with E-state index in [0.29, 0.717) is 39.3 Å². The predicted octanol–water partition coefficient (Wildman–Crippen LogP) is 3.00. The molecule has 2 aromatic carbocycles. The Balaban J connectivity index is 1.47. The van der Waals surface area contributed by atoms with E-state index >= 15 is 0 Å². The highest BCUT2D eigenvalue weighted by atomic mass is 16.5. The second-order valence-corrected chi connectivity index (χ2v) is 6.79. The summed E-state index contributed by atoms with van der Waals surface area (Å²) in [6, 6.07) is 17.9. The minimum absolute atomic E-state index is 0.0627. The third-order valence-corrected chi connectivity index (χ3v) is 4.84. The van der Waals surface area contributed by atoms with Crippen molar-refractivity contribution in [1.29, 1.82) is 0 Å². The summed E-state index contributed by atoms with van der Waals surface area (Å²) in [5.41, 5.74) is 2.13. The Morgan fingerprint density at radius 1 is 0.929 bits per heavy atom. The van der Waals surface area contributed by atoms with Crippen molar-refractivity contribution >= 4 is 11.9 Å². The van der Waals surface area contributed by atoms with Gasteiger partial charge in [-0.25, -0.2) is 4.79 Å². The van der Waals surface area contributed by atoms with Crippen molar-refractivity contribution in [1.82, 2.24) is 15.1 Å². The molecule has 28 heavy (non-hydrogen) atoms. The standard InChI is InChI=1S/C22H27N3O3/c1-18(26)24-13-7-14-25(16-15-24)22(27)23-12-17-28-21-11-6-5-10-20(21)19-8-3-2-4-9-19/h2-6,8-11H,7,12-17H2,1H3,(H,23,27). The van der Waals surface area contributed by atoms with Crippen LogP contribution in [0.2, 0.25) is 0 Å². The minimum atomic E-state index is -0.106. The van der Waals surface area contributed by atoms with E-state index < -0.39 is 0 Å². The van der Waals surface area contributed by atoms with Gasteiger partial charge >= 0.3 is 6.03 Å². The summed E-state index contributed by atoms with van der Waals surface area (Å²) < 4.78 is 5.92. The highest BCUT2D eigenvalue weighted by Crippen LogP contribution is 2.29. The average molecular weight is 381 g/mol. The molecule has 0 spiro atoms. The fourth-order valence-electron chi connectivity index (χ4n) is 3.31. The SMILES string of the molecule is CC(=O)N1CCCN(C(=O)NCCOc2ccccc2-c2ccccc2)CC1. The quantitative estimate of drug-likeness (QED) is 0.810. The largest absolute Gasteiger partial charge is 0.491 e. The van der Waals surface area contributed by atoms with E-state index in [1.54, 1.807) is 16.7 Å². The highest BCUT2D eigenvalue weighted by molar-refractivity contribution is 5.75. The summed E-state index contributed by atoms with van der Waals surface area (Å²) in [6.45, 7) is 4.90. The Labute approximate surface area is 166 Å². The van der Waals surface area contributed by atoms with Gasteiger partial charge in [0.1, 0.15) is 12.4 Å². The van der Waals surface area contributed by atoms with Gasteiger partial charge in [0.25, 0.3) is 0 Å². The molecule has 1 aliphatic heterocycles. The molecule has 1 fully saturated rings. The van der Waals surface area contributed by atoms with Gasteiger partial charge in [-0.05, 0) is 18.1 Å². The predicted molar refractivity (Wildman–Crippen MR) is 109 cm³/mol. The summed E-state index contributed by atoms with van der Waals surface area (Å²) in [6.07, 6.45) is 0.800. The van der Waals surface area contributed by atoms with Gasteiger partial charge in [-0.3, -0.25) is 4.79 Å². The number of amides is 3. The lowest BCUT2D eigenvalue weighted by Crippen LogP contribution is -2.43. The number of carbonyl (C=O) groups excluding carboxylic acids is 2. The molecule has 3 rings (SSSR count). The molecule has 0 bridgehead atoms. The molecule has 148 valence electrons. The second kappa shape index (κ2) is 9.78. The maximum absolute atomic E-state index is 12.4. The Hall–Kier alpha value is -3.02. The second-order valence-electron chi connectivity index (χ2n) is 6.79. The van der Waals surface area contributed by atoms with Gasteiger partial charge in [0, 0.05) is 38.7 Å². The van der Waals surface area contributed by atoms with Crippen LogP contribution in [0, 0.1) is 0 Å². The van der Waals surface area contributed by atoms with E-state index in [2.05, 4.69) is 5.32 Å². The molecule has 1 aliphatic rings. The van der Waals surface area contributed by atoms with Gasteiger partial charge in [-0.15, -0.1) is 0 Å². The number of rotatable bonds is 5. The summed E-state index contributed by atoms with van der Waals surface area (Å²) in [4.78, 5) is 27.4. The zero-order chi connectivity index (χ0) is 19.8. The van der Waals surface area contributed by atoms with Crippen molar-refractivity contribution in [3.63, 3.8) is 0 Å². The Morgan fingerprint density at radius 3 is 2.39 bits per heavy atom. The molecule has 0 aliphatic carbocycles. The number of nitrogens with zero attached hydrogens (tertiary/aromatic N) is 2. The first kappa shape index (κ1) is 19.7. The van der Waals surface area contributed by atoms with E-state index in [9.17, 15) is 9.59 Å². The first-order valence-electron chi connectivity index (χ1n) is 9.70. The summed E-state index contributed by atoms with van der Waals surface area (Å²) in [5, 5.41) is 2.91. The fraction of sp³-hybridized carbons (Fsp3) is 0.364. The molecule has 1 heterocycles. The number of benzene rings is 2. The molecule has 6 nitrogen and oxygen atoms in total. The van der Waals surface area contributed by atoms with Crippen molar-refractivity contribution in [3.8, 4) is 16.9 Å². The zero-order valence-electron chi connectivity index (χ0n) is 16.3. The maximum atomic E-state index is 12.4. The Morgan fingerprint density at radius 2 is 1.61 bits per heavy atom. The number of nitrogens with one attached hydrogen (secondary N) is 1. The van der Waals surface area contributed by atoms with Crippen LogP contribution in [0.25, 0.3) is 11.1 Å². The van der Waals surface area contributed by atoms with Crippen LogP contribution in [0.3, 0.4) is 0 Å². The Kier molecular flexibility index (Phi) is 6.89. The van der Waals surface area contributed by atoms with Crippen LogP contribution in [0.4, 0.5) is 4.79 Å². The Bertz CT molecular complexity index is 795. The lowest BCUT2D eigenvalue weighted by molar-refractivity contribution is -0.128. The molecule has 6 heteroatoms. The van der Waals surface area contributed by atoms with Crippen LogP contribution in [0.15, 0.2) is 54.6 Å². The molecular weight excluding hydrogens is 354 g/mol. The molecule has 1 saturated heterocycles. The topological polar surface area (TPSA) is 61.9 Å². The third-order valence-electron chi connectivity index (χ3n) is 4.84. The molecule has 0 aromatic heterocycles. The third kappa shape index (κ3) is 5.25. The van der Waals surface area contributed by atoms with E-state index in [0.717, 1.165) is 23.3 Å². The summed E-state index contributed by atoms with van der Waals surface area (Å²) >= 11 is 0. The number of carbonyl (C=O) groups is 2. The molecule has 3 amide bonds. The van der Waals surface area contributed by atoms with Crippen LogP contribution in [-0.4, -0.2) is 61.1 Å². The fourth-order valence-corrected chi connectivity index (χ4v) is 3.31. The van der Waals surface area contributed by atoms with Gasteiger partial charge < -0.3 is 19.9 Å². The summed E-state index contributed by atoms with van der Waals surface area (Å²) in [5.74, 6) is 0.863. The van der Waals surface area contributed by atoms with Gasteiger partial charge in [0.2, 0.25) is 5.91 Å². The minimum Gasteiger partial charge on any atom is -0.491 e. The number of urea groups is 1. The average Bonchev–Trinajstić information content (AvgIpc) is 2.98. The first-order chi connectivity index (χ1) is 13.6. The van der Waals surface area contributed by atoms with Crippen molar-refractivity contribution in [2.75, 3.05) is 39.3 Å². The van der Waals surface area contributed by atoms with Crippen LogP contribution in [0.1, 0.15) is 13.3 Å². The first-order valence-corrected chi connectivity index (χ1v) is 9.70. The molecule has 2 aromatic rings. The number of hydrogen-bond acceptors (Lipinski definition) is 3. The van der Waals surface area contributed by atoms with Crippen molar-refractivity contribution < 1.29 is 14.3 Å². The van der Waals surface area contributed by atoms with Crippen molar-refractivity contribution in [2.24, 2.45) is 0 Å².